The standard InChI is InChI=1S/C24H36O5/c1-15(25)29-14-4-10-24(28)13-8-18-16-5-6-19-21(27)20(26)9-11-22(19,2)17(16)7-12-23(18,24)3/h16-19,28H,4-14H2,1-3H3/t16-,17-,18+,19?,22-,23+,24?/m1/s1. The number of ether oxygens (including phenoxy) is 1. The van der Waals surface area contributed by atoms with E-state index in [2.05, 4.69) is 13.8 Å². The first kappa shape index (κ1) is 21.0. The molecule has 0 aromatic rings. The monoisotopic (exact) mass is 404 g/mol. The maximum atomic E-state index is 12.6. The molecule has 7 atom stereocenters. The first-order valence-electron chi connectivity index (χ1n) is 11.6. The molecule has 4 fully saturated rings. The Morgan fingerprint density at radius 1 is 1.07 bits per heavy atom. The highest BCUT2D eigenvalue weighted by atomic mass is 16.5. The minimum Gasteiger partial charge on any atom is -0.466 e. The molecule has 4 saturated carbocycles. The summed E-state index contributed by atoms with van der Waals surface area (Å²) >= 11 is 0. The van der Waals surface area contributed by atoms with Gasteiger partial charge in [0, 0.05) is 19.3 Å². The van der Waals surface area contributed by atoms with Gasteiger partial charge in [-0.25, -0.2) is 0 Å². The van der Waals surface area contributed by atoms with Gasteiger partial charge in [-0.15, -0.1) is 0 Å². The minimum atomic E-state index is -0.696. The molecule has 0 bridgehead atoms. The highest BCUT2D eigenvalue weighted by molar-refractivity contribution is 6.38. The van der Waals surface area contributed by atoms with E-state index in [0.717, 1.165) is 44.9 Å². The van der Waals surface area contributed by atoms with Crippen molar-refractivity contribution in [1.82, 2.24) is 0 Å². The fourth-order valence-corrected chi connectivity index (χ4v) is 8.05. The maximum absolute atomic E-state index is 12.6. The number of hydrogen-bond donors (Lipinski definition) is 1. The Hall–Kier alpha value is -1.23. The lowest BCUT2D eigenvalue weighted by Gasteiger charge is -2.60. The van der Waals surface area contributed by atoms with E-state index in [0.29, 0.717) is 43.6 Å². The molecular weight excluding hydrogens is 368 g/mol. The van der Waals surface area contributed by atoms with Crippen molar-refractivity contribution in [1.29, 1.82) is 0 Å². The summed E-state index contributed by atoms with van der Waals surface area (Å²) in [6.07, 6.45) is 8.35. The first-order valence-corrected chi connectivity index (χ1v) is 11.6. The molecule has 0 heterocycles. The van der Waals surface area contributed by atoms with Crippen molar-refractivity contribution >= 4 is 17.5 Å². The number of aliphatic hydroxyl groups is 1. The van der Waals surface area contributed by atoms with Crippen LogP contribution in [-0.2, 0) is 19.1 Å². The molecule has 5 nitrogen and oxygen atoms in total. The van der Waals surface area contributed by atoms with E-state index in [1.54, 1.807) is 0 Å². The molecule has 0 spiro atoms. The number of Topliss-reactive ketones (excluding diaryl/α,β-unsaturated/α-hetero) is 2. The van der Waals surface area contributed by atoms with E-state index in [1.807, 2.05) is 0 Å². The van der Waals surface area contributed by atoms with Crippen LogP contribution in [0.1, 0.15) is 85.0 Å². The molecule has 162 valence electrons. The Bertz CT molecular complexity index is 716. The van der Waals surface area contributed by atoms with Crippen molar-refractivity contribution < 1.29 is 24.2 Å². The van der Waals surface area contributed by atoms with Crippen molar-refractivity contribution in [2.75, 3.05) is 6.61 Å². The van der Waals surface area contributed by atoms with Crippen molar-refractivity contribution in [3.05, 3.63) is 0 Å². The van der Waals surface area contributed by atoms with E-state index in [4.69, 9.17) is 4.74 Å². The highest BCUT2D eigenvalue weighted by Crippen LogP contribution is 2.68. The Balaban J connectivity index is 1.51. The molecule has 4 aliphatic carbocycles. The second kappa shape index (κ2) is 7.18. The van der Waals surface area contributed by atoms with Crippen LogP contribution in [0.25, 0.3) is 0 Å². The highest BCUT2D eigenvalue weighted by Gasteiger charge is 2.65. The number of carbonyl (C=O) groups excluding carboxylic acids is 3. The zero-order chi connectivity index (χ0) is 21.0. The zero-order valence-corrected chi connectivity index (χ0v) is 18.2. The van der Waals surface area contributed by atoms with Crippen LogP contribution < -0.4 is 0 Å². The molecule has 0 aromatic carbocycles. The first-order chi connectivity index (χ1) is 13.6. The third kappa shape index (κ3) is 3.10. The second-order valence-corrected chi connectivity index (χ2v) is 10.8. The van der Waals surface area contributed by atoms with Crippen LogP contribution in [-0.4, -0.2) is 34.9 Å². The van der Waals surface area contributed by atoms with E-state index in [-0.39, 0.29) is 34.3 Å². The summed E-state index contributed by atoms with van der Waals surface area (Å²) in [6.45, 7) is 6.34. The van der Waals surface area contributed by atoms with E-state index < -0.39 is 5.60 Å². The Morgan fingerprint density at radius 2 is 1.79 bits per heavy atom. The lowest BCUT2D eigenvalue weighted by molar-refractivity contribution is -0.167. The van der Waals surface area contributed by atoms with Gasteiger partial charge >= 0.3 is 5.97 Å². The average Bonchev–Trinajstić information content (AvgIpc) is 2.94. The number of hydrogen-bond acceptors (Lipinski definition) is 5. The number of ketones is 2. The van der Waals surface area contributed by atoms with Gasteiger partial charge in [0.1, 0.15) is 0 Å². The Kier molecular flexibility index (Phi) is 5.20. The predicted octanol–water partition coefficient (Wildman–Crippen LogP) is 3.85. The average molecular weight is 405 g/mol. The maximum Gasteiger partial charge on any atom is 0.302 e. The SMILES string of the molecule is CC(=O)OCCCC1(O)CC[C@H]2[C@@H]3CCC4C(=O)C(=O)CC[C@]4(C)[C@@H]3CC[C@@]21C. The summed E-state index contributed by atoms with van der Waals surface area (Å²) < 4.78 is 5.08. The Morgan fingerprint density at radius 3 is 2.52 bits per heavy atom. The minimum absolute atomic E-state index is 0.0503. The number of rotatable bonds is 4. The molecule has 29 heavy (non-hydrogen) atoms. The van der Waals surface area contributed by atoms with Crippen molar-refractivity contribution in [2.45, 2.75) is 90.6 Å². The molecule has 4 aliphatic rings. The topological polar surface area (TPSA) is 80.7 Å². The van der Waals surface area contributed by atoms with Gasteiger partial charge in [-0.1, -0.05) is 13.8 Å². The summed E-state index contributed by atoms with van der Waals surface area (Å²) in [5.74, 6) is 0.883. The van der Waals surface area contributed by atoms with E-state index in [1.165, 1.54) is 6.92 Å². The predicted molar refractivity (Wildman–Crippen MR) is 108 cm³/mol. The molecule has 0 amide bonds. The van der Waals surface area contributed by atoms with Gasteiger partial charge in [-0.2, -0.15) is 0 Å². The van der Waals surface area contributed by atoms with Crippen LogP contribution >= 0.6 is 0 Å². The summed E-state index contributed by atoms with van der Waals surface area (Å²) in [7, 11) is 0. The lowest BCUT2D eigenvalue weighted by Crippen LogP contribution is -2.58. The van der Waals surface area contributed by atoms with Crippen LogP contribution in [0.15, 0.2) is 0 Å². The number of fused-ring (bicyclic) bond motifs is 5. The summed E-state index contributed by atoms with van der Waals surface area (Å²) in [6, 6.07) is 0. The van der Waals surface area contributed by atoms with Crippen molar-refractivity contribution in [3.63, 3.8) is 0 Å². The largest absolute Gasteiger partial charge is 0.466 e. The normalized spacial score (nSPS) is 46.6. The third-order valence-electron chi connectivity index (χ3n) is 9.71. The molecule has 1 N–H and O–H groups in total. The van der Waals surface area contributed by atoms with Gasteiger partial charge in [-0.05, 0) is 86.4 Å². The van der Waals surface area contributed by atoms with Crippen LogP contribution in [0.5, 0.6) is 0 Å². The Labute approximate surface area is 174 Å². The lowest BCUT2D eigenvalue weighted by atomic mass is 9.44. The molecule has 5 heteroatoms. The van der Waals surface area contributed by atoms with Gasteiger partial charge in [0.25, 0.3) is 0 Å². The summed E-state index contributed by atoms with van der Waals surface area (Å²) in [4.78, 5) is 35.7. The third-order valence-corrected chi connectivity index (χ3v) is 9.71. The number of carbonyl (C=O) groups is 3. The van der Waals surface area contributed by atoms with Crippen LogP contribution in [0, 0.1) is 34.5 Å². The van der Waals surface area contributed by atoms with E-state index in [9.17, 15) is 19.5 Å². The van der Waals surface area contributed by atoms with Crippen LogP contribution in [0.2, 0.25) is 0 Å². The molecule has 0 aliphatic heterocycles. The fourth-order valence-electron chi connectivity index (χ4n) is 8.05. The number of esters is 1. The fraction of sp³-hybridized carbons (Fsp3) is 0.875. The van der Waals surface area contributed by atoms with Crippen LogP contribution in [0.3, 0.4) is 0 Å². The molecule has 0 radical (unpaired) electrons. The van der Waals surface area contributed by atoms with Gasteiger partial charge in [0.15, 0.2) is 5.78 Å². The van der Waals surface area contributed by atoms with Crippen LogP contribution in [0.4, 0.5) is 0 Å². The van der Waals surface area contributed by atoms with Crippen molar-refractivity contribution in [3.8, 4) is 0 Å². The smallest absolute Gasteiger partial charge is 0.302 e. The molecule has 4 rings (SSSR count). The second-order valence-electron chi connectivity index (χ2n) is 10.8. The molecule has 0 aromatic heterocycles. The van der Waals surface area contributed by atoms with Gasteiger partial charge < -0.3 is 9.84 Å². The van der Waals surface area contributed by atoms with Gasteiger partial charge in [0.2, 0.25) is 5.78 Å². The summed E-state index contributed by atoms with van der Waals surface area (Å²) in [5, 5.41) is 11.6. The quantitative estimate of drug-likeness (QED) is 0.437. The zero-order valence-electron chi connectivity index (χ0n) is 18.2. The molecule has 2 unspecified atom stereocenters. The summed E-state index contributed by atoms with van der Waals surface area (Å²) in [5.41, 5.74) is -0.855. The van der Waals surface area contributed by atoms with Crippen molar-refractivity contribution in [2.24, 2.45) is 34.5 Å². The van der Waals surface area contributed by atoms with Gasteiger partial charge in [-0.3, -0.25) is 14.4 Å². The van der Waals surface area contributed by atoms with Gasteiger partial charge in [0.05, 0.1) is 12.2 Å². The van der Waals surface area contributed by atoms with E-state index >= 15 is 0 Å². The molecular formula is C24H36O5. The molecule has 0 saturated heterocycles.